The van der Waals surface area contributed by atoms with Gasteiger partial charge in [0.25, 0.3) is 0 Å². The average Bonchev–Trinajstić information content (AvgIpc) is 2.83. The zero-order valence-electron chi connectivity index (χ0n) is 12.0. The minimum absolute atomic E-state index is 0.428. The van der Waals surface area contributed by atoms with Crippen molar-refractivity contribution >= 4 is 28.8 Å². The summed E-state index contributed by atoms with van der Waals surface area (Å²) in [5.74, 6) is 0.714. The van der Waals surface area contributed by atoms with Crippen LogP contribution in [0.4, 0.5) is 10.7 Å². The summed E-state index contributed by atoms with van der Waals surface area (Å²) in [4.78, 5) is 23.2. The molecule has 0 spiro atoms. The van der Waals surface area contributed by atoms with Crippen LogP contribution in [0.3, 0.4) is 0 Å². The Labute approximate surface area is 123 Å². The normalized spacial score (nSPS) is 14.8. The van der Waals surface area contributed by atoms with Gasteiger partial charge in [0, 0.05) is 19.3 Å². The highest BCUT2D eigenvalue weighted by atomic mass is 32.2. The summed E-state index contributed by atoms with van der Waals surface area (Å²) >= 11 is 1.35. The summed E-state index contributed by atoms with van der Waals surface area (Å²) in [6, 6.07) is 1.44. The Morgan fingerprint density at radius 3 is 2.75 bits per heavy atom. The Balaban J connectivity index is 2.28. The second kappa shape index (κ2) is 6.13. The summed E-state index contributed by atoms with van der Waals surface area (Å²) in [5.41, 5.74) is 7.26. The van der Waals surface area contributed by atoms with Crippen LogP contribution in [0.15, 0.2) is 17.8 Å². The van der Waals surface area contributed by atoms with Gasteiger partial charge in [-0.05, 0) is 44.4 Å². The first kappa shape index (κ1) is 14.6. The van der Waals surface area contributed by atoms with Gasteiger partial charge < -0.3 is 10.6 Å². The molecule has 0 fully saturated rings. The Bertz CT molecular complexity index is 541. The fraction of sp³-hybridized carbons (Fsp3) is 0.462. The maximum atomic E-state index is 11.3. The number of carbonyl (C=O) groups excluding carboxylic acids is 1. The molecule has 2 N–H and O–H groups in total. The lowest BCUT2D eigenvalue weighted by molar-refractivity contribution is 0.237. The van der Waals surface area contributed by atoms with E-state index in [1.54, 1.807) is 6.20 Å². The molecule has 1 aromatic heterocycles. The first-order chi connectivity index (χ1) is 9.56. The molecule has 1 aromatic rings. The van der Waals surface area contributed by atoms with E-state index in [0.717, 1.165) is 29.3 Å². The molecule has 0 aliphatic carbocycles. The predicted molar refractivity (Wildman–Crippen MR) is 82.1 cm³/mol. The van der Waals surface area contributed by atoms with Gasteiger partial charge in [-0.15, -0.1) is 0 Å². The minimum Gasteiger partial charge on any atom is -0.351 e. The lowest BCUT2D eigenvalue weighted by atomic mass is 10.2. The van der Waals surface area contributed by atoms with Crippen LogP contribution in [0.5, 0.6) is 0 Å². The molecule has 1 aliphatic heterocycles. The molecule has 0 unspecified atom stereocenters. The Morgan fingerprint density at radius 2 is 2.20 bits per heavy atom. The summed E-state index contributed by atoms with van der Waals surface area (Å²) in [6.45, 7) is 8.40. The number of primary amides is 1. The average molecular weight is 293 g/mol. The van der Waals surface area contributed by atoms with Gasteiger partial charge in [0.1, 0.15) is 0 Å². The number of nitrogens with two attached hydrogens (primary N) is 1. The number of aromatic nitrogens is 2. The Hall–Kier alpha value is -1.76. The van der Waals surface area contributed by atoms with Crippen LogP contribution in [0.1, 0.15) is 26.5 Å². The Kier molecular flexibility index (Phi) is 4.49. The molecule has 20 heavy (non-hydrogen) atoms. The zero-order chi connectivity index (χ0) is 14.7. The number of hydrogen-bond acceptors (Lipinski definition) is 5. The third kappa shape index (κ3) is 2.87. The van der Waals surface area contributed by atoms with Gasteiger partial charge in [-0.2, -0.15) is 0 Å². The Morgan fingerprint density at radius 1 is 1.50 bits per heavy atom. The van der Waals surface area contributed by atoms with E-state index >= 15 is 0 Å². The molecule has 0 saturated carbocycles. The van der Waals surface area contributed by atoms with Crippen LogP contribution < -0.4 is 10.6 Å². The van der Waals surface area contributed by atoms with Crippen LogP contribution in [-0.2, 0) is 0 Å². The highest BCUT2D eigenvalue weighted by Gasteiger charge is 2.25. The second-order valence-corrected chi connectivity index (χ2v) is 5.52. The summed E-state index contributed by atoms with van der Waals surface area (Å²) in [5, 5.41) is 0. The second-order valence-electron chi connectivity index (χ2n) is 4.49. The zero-order valence-corrected chi connectivity index (χ0v) is 12.8. The number of nitrogens with zero attached hydrogens (tertiary/aromatic N) is 4. The molecule has 2 amide bonds. The summed E-state index contributed by atoms with van der Waals surface area (Å²) < 4.78 is 1.53. The molecular formula is C13H19N5OS. The van der Waals surface area contributed by atoms with Crippen molar-refractivity contribution in [2.75, 3.05) is 24.5 Å². The smallest absolute Gasteiger partial charge is 0.325 e. The molecule has 0 saturated heterocycles. The maximum Gasteiger partial charge on any atom is 0.325 e. The van der Waals surface area contributed by atoms with Crippen molar-refractivity contribution < 1.29 is 4.79 Å². The van der Waals surface area contributed by atoms with Crippen molar-refractivity contribution in [2.45, 2.75) is 20.8 Å². The fourth-order valence-electron chi connectivity index (χ4n) is 2.03. The summed E-state index contributed by atoms with van der Waals surface area (Å²) in [6.07, 6.45) is 1.75. The number of urea groups is 1. The van der Waals surface area contributed by atoms with Crippen LogP contribution in [0.25, 0.3) is 4.91 Å². The third-order valence-electron chi connectivity index (χ3n) is 3.14. The largest absolute Gasteiger partial charge is 0.351 e. The van der Waals surface area contributed by atoms with Gasteiger partial charge in [0.05, 0.1) is 17.1 Å². The molecule has 0 radical (unpaired) electrons. The van der Waals surface area contributed by atoms with Gasteiger partial charge in [0.2, 0.25) is 5.95 Å². The number of hydrogen-bond donors (Lipinski definition) is 1. The first-order valence-electron chi connectivity index (χ1n) is 6.59. The van der Waals surface area contributed by atoms with Crippen LogP contribution >= 0.6 is 11.9 Å². The molecule has 108 valence electrons. The quantitative estimate of drug-likeness (QED) is 0.860. The van der Waals surface area contributed by atoms with E-state index in [4.69, 9.17) is 5.73 Å². The molecule has 6 nitrogen and oxygen atoms in total. The van der Waals surface area contributed by atoms with E-state index in [-0.39, 0.29) is 0 Å². The van der Waals surface area contributed by atoms with Gasteiger partial charge in [0.15, 0.2) is 0 Å². The first-order valence-corrected chi connectivity index (χ1v) is 7.37. The third-order valence-corrected chi connectivity index (χ3v) is 4.41. The van der Waals surface area contributed by atoms with Crippen molar-refractivity contribution in [3.8, 4) is 0 Å². The van der Waals surface area contributed by atoms with E-state index in [1.807, 2.05) is 13.0 Å². The molecule has 0 aromatic carbocycles. The van der Waals surface area contributed by atoms with Gasteiger partial charge in [-0.25, -0.2) is 14.8 Å². The van der Waals surface area contributed by atoms with Crippen molar-refractivity contribution in [1.29, 1.82) is 0 Å². The van der Waals surface area contributed by atoms with E-state index in [9.17, 15) is 4.79 Å². The van der Waals surface area contributed by atoms with Crippen molar-refractivity contribution in [1.82, 2.24) is 14.3 Å². The molecule has 2 heterocycles. The topological polar surface area (TPSA) is 75.3 Å². The van der Waals surface area contributed by atoms with Crippen LogP contribution in [0, 0.1) is 0 Å². The summed E-state index contributed by atoms with van der Waals surface area (Å²) in [7, 11) is 0. The number of amides is 2. The van der Waals surface area contributed by atoms with Crippen molar-refractivity contribution in [3.63, 3.8) is 0 Å². The van der Waals surface area contributed by atoms with Crippen LogP contribution in [0.2, 0.25) is 0 Å². The van der Waals surface area contributed by atoms with Gasteiger partial charge in [-0.1, -0.05) is 0 Å². The van der Waals surface area contributed by atoms with Crippen LogP contribution in [-0.4, -0.2) is 39.9 Å². The predicted octanol–water partition coefficient (Wildman–Crippen LogP) is 2.10. The monoisotopic (exact) mass is 293 g/mol. The van der Waals surface area contributed by atoms with Gasteiger partial charge in [-0.3, -0.25) is 4.31 Å². The standard InChI is InChI=1S/C13H19N5OS/c1-4-17(5-2)13-15-7-6-10(16-13)11-9(3)8-18(20-11)12(14)19/h6-7H,4-5,8H2,1-3H3,(H2,14,19). The van der Waals surface area contributed by atoms with Crippen molar-refractivity contribution in [3.05, 3.63) is 23.5 Å². The SMILES string of the molecule is CCN(CC)c1nccc(C2=C(C)CN(C(N)=O)S2)n1. The van der Waals surface area contributed by atoms with E-state index in [1.165, 1.54) is 16.3 Å². The fourth-order valence-corrected chi connectivity index (χ4v) is 3.03. The number of rotatable bonds is 4. The molecule has 7 heteroatoms. The molecule has 2 rings (SSSR count). The highest BCUT2D eigenvalue weighted by molar-refractivity contribution is 8.06. The maximum absolute atomic E-state index is 11.3. The molecule has 0 bridgehead atoms. The number of anilines is 1. The highest BCUT2D eigenvalue weighted by Crippen LogP contribution is 2.39. The van der Waals surface area contributed by atoms with Crippen molar-refractivity contribution in [2.24, 2.45) is 5.73 Å². The van der Waals surface area contributed by atoms with E-state index < -0.39 is 6.03 Å². The molecular weight excluding hydrogens is 274 g/mol. The van der Waals surface area contributed by atoms with Gasteiger partial charge >= 0.3 is 6.03 Å². The van der Waals surface area contributed by atoms with E-state index in [0.29, 0.717) is 12.5 Å². The van der Waals surface area contributed by atoms with E-state index in [2.05, 4.69) is 28.7 Å². The minimum atomic E-state index is -0.428. The number of carbonyl (C=O) groups is 1. The molecule has 0 atom stereocenters. The lowest BCUT2D eigenvalue weighted by Crippen LogP contribution is -2.28. The lowest BCUT2D eigenvalue weighted by Gasteiger charge is -2.18. The molecule has 1 aliphatic rings.